The Kier molecular flexibility index (Phi) is 3.86. The van der Waals surface area contributed by atoms with Gasteiger partial charge in [0.2, 0.25) is 0 Å². The van der Waals surface area contributed by atoms with Gasteiger partial charge in [-0.2, -0.15) is 5.10 Å². The molecule has 3 heterocycles. The van der Waals surface area contributed by atoms with Gasteiger partial charge in [-0.15, -0.1) is 0 Å². The van der Waals surface area contributed by atoms with E-state index in [0.717, 1.165) is 26.2 Å². The van der Waals surface area contributed by atoms with Gasteiger partial charge in [-0.1, -0.05) is 0 Å². The summed E-state index contributed by atoms with van der Waals surface area (Å²) in [6.07, 6.45) is 4.94. The molecule has 0 spiro atoms. The van der Waals surface area contributed by atoms with Crippen molar-refractivity contribution in [2.24, 2.45) is 7.05 Å². The van der Waals surface area contributed by atoms with Crippen molar-refractivity contribution in [3.63, 3.8) is 0 Å². The fourth-order valence-electron chi connectivity index (χ4n) is 3.09. The van der Waals surface area contributed by atoms with Crippen LogP contribution in [0.3, 0.4) is 0 Å². The molecule has 0 bridgehead atoms. The fourth-order valence-corrected chi connectivity index (χ4v) is 3.09. The average molecular weight is 264 g/mol. The average Bonchev–Trinajstić information content (AvgIpc) is 2.99. The zero-order chi connectivity index (χ0) is 13.2. The number of ether oxygens (including phenoxy) is 1. The van der Waals surface area contributed by atoms with Crippen LogP contribution in [-0.2, 0) is 18.3 Å². The van der Waals surface area contributed by atoms with E-state index >= 15 is 0 Å². The van der Waals surface area contributed by atoms with Crippen LogP contribution in [0, 0.1) is 6.92 Å². The number of aryl methyl sites for hydroxylation is 1. The molecule has 2 unspecified atom stereocenters. The topological polar surface area (TPSA) is 42.3 Å². The van der Waals surface area contributed by atoms with Gasteiger partial charge in [0.15, 0.2) is 0 Å². The quantitative estimate of drug-likeness (QED) is 0.868. The van der Waals surface area contributed by atoms with E-state index < -0.39 is 0 Å². The highest BCUT2D eigenvalue weighted by Gasteiger charge is 2.31. The highest BCUT2D eigenvalue weighted by Crippen LogP contribution is 2.22. The van der Waals surface area contributed by atoms with Crippen LogP contribution in [0.15, 0.2) is 6.20 Å². The number of aromatic nitrogens is 2. The van der Waals surface area contributed by atoms with E-state index in [2.05, 4.69) is 22.2 Å². The number of nitrogens with zero attached hydrogens (tertiary/aromatic N) is 3. The summed E-state index contributed by atoms with van der Waals surface area (Å²) in [5.74, 6) is 0. The van der Waals surface area contributed by atoms with E-state index in [1.807, 2.05) is 17.9 Å². The van der Waals surface area contributed by atoms with E-state index in [1.165, 1.54) is 30.6 Å². The van der Waals surface area contributed by atoms with Crippen molar-refractivity contribution in [3.8, 4) is 0 Å². The van der Waals surface area contributed by atoms with Crippen molar-refractivity contribution in [1.82, 2.24) is 20.0 Å². The van der Waals surface area contributed by atoms with Crippen molar-refractivity contribution >= 4 is 0 Å². The van der Waals surface area contributed by atoms with Gasteiger partial charge < -0.3 is 10.1 Å². The number of nitrogens with one attached hydrogen (secondary N) is 1. The molecule has 0 aromatic carbocycles. The van der Waals surface area contributed by atoms with Crippen LogP contribution in [-0.4, -0.2) is 53.1 Å². The van der Waals surface area contributed by atoms with Gasteiger partial charge >= 0.3 is 0 Å². The van der Waals surface area contributed by atoms with Crippen LogP contribution in [0.4, 0.5) is 0 Å². The summed E-state index contributed by atoms with van der Waals surface area (Å²) in [4.78, 5) is 2.59. The second-order valence-electron chi connectivity index (χ2n) is 5.76. The molecule has 1 aromatic heterocycles. The predicted molar refractivity (Wildman–Crippen MR) is 74.0 cm³/mol. The SMILES string of the molecule is Cc1c(CNCC2CN3CCCC3CO2)cnn1C. The molecule has 0 radical (unpaired) electrons. The minimum absolute atomic E-state index is 0.339. The third-order valence-electron chi connectivity index (χ3n) is 4.49. The zero-order valence-electron chi connectivity index (χ0n) is 11.9. The standard InChI is InChI=1S/C14H24N4O/c1-11-12(7-16-17(11)2)6-15-8-14-9-18-5-3-4-13(18)10-19-14/h7,13-15H,3-6,8-10H2,1-2H3. The summed E-state index contributed by atoms with van der Waals surface area (Å²) >= 11 is 0. The molecule has 0 aliphatic carbocycles. The second kappa shape index (κ2) is 5.61. The minimum atomic E-state index is 0.339. The highest BCUT2D eigenvalue weighted by atomic mass is 16.5. The Morgan fingerprint density at radius 1 is 1.53 bits per heavy atom. The van der Waals surface area contributed by atoms with Crippen LogP contribution < -0.4 is 5.32 Å². The van der Waals surface area contributed by atoms with Crippen LogP contribution >= 0.6 is 0 Å². The van der Waals surface area contributed by atoms with Crippen molar-refractivity contribution in [2.45, 2.75) is 38.5 Å². The first kappa shape index (κ1) is 13.1. The molecular formula is C14H24N4O. The van der Waals surface area contributed by atoms with Crippen LogP contribution in [0.25, 0.3) is 0 Å². The summed E-state index contributed by atoms with van der Waals surface area (Å²) in [6.45, 7) is 7.17. The summed E-state index contributed by atoms with van der Waals surface area (Å²) in [7, 11) is 1.98. The molecule has 2 fully saturated rings. The molecule has 2 aliphatic rings. The lowest BCUT2D eigenvalue weighted by molar-refractivity contribution is -0.0470. The lowest BCUT2D eigenvalue weighted by atomic mass is 10.2. The van der Waals surface area contributed by atoms with E-state index in [4.69, 9.17) is 4.74 Å². The Hall–Kier alpha value is -0.910. The Bertz CT molecular complexity index is 431. The molecule has 3 rings (SSSR count). The maximum atomic E-state index is 5.94. The summed E-state index contributed by atoms with van der Waals surface area (Å²) in [6, 6.07) is 0.691. The van der Waals surface area contributed by atoms with Crippen molar-refractivity contribution in [1.29, 1.82) is 0 Å². The number of morpholine rings is 1. The molecule has 2 saturated heterocycles. The lowest BCUT2D eigenvalue weighted by Gasteiger charge is -2.35. The molecule has 106 valence electrons. The fraction of sp³-hybridized carbons (Fsp3) is 0.786. The molecule has 0 amide bonds. The largest absolute Gasteiger partial charge is 0.374 e. The van der Waals surface area contributed by atoms with Gasteiger partial charge in [-0.25, -0.2) is 0 Å². The molecule has 5 heteroatoms. The number of hydrogen-bond acceptors (Lipinski definition) is 4. The Morgan fingerprint density at radius 2 is 2.42 bits per heavy atom. The lowest BCUT2D eigenvalue weighted by Crippen LogP contribution is -2.49. The maximum Gasteiger partial charge on any atom is 0.0827 e. The summed E-state index contributed by atoms with van der Waals surface area (Å²) in [5.41, 5.74) is 2.51. The van der Waals surface area contributed by atoms with Gasteiger partial charge in [-0.05, 0) is 26.3 Å². The van der Waals surface area contributed by atoms with E-state index in [-0.39, 0.29) is 0 Å². The summed E-state index contributed by atoms with van der Waals surface area (Å²) < 4.78 is 7.86. The molecule has 19 heavy (non-hydrogen) atoms. The van der Waals surface area contributed by atoms with Crippen LogP contribution in [0.1, 0.15) is 24.1 Å². The number of hydrogen-bond donors (Lipinski definition) is 1. The Labute approximate surface area is 114 Å². The van der Waals surface area contributed by atoms with Crippen molar-refractivity contribution in [3.05, 3.63) is 17.5 Å². The molecule has 2 atom stereocenters. The summed E-state index contributed by atoms with van der Waals surface area (Å²) in [5, 5.41) is 7.76. The third-order valence-corrected chi connectivity index (χ3v) is 4.49. The smallest absolute Gasteiger partial charge is 0.0827 e. The monoisotopic (exact) mass is 264 g/mol. The van der Waals surface area contributed by atoms with Crippen LogP contribution in [0.2, 0.25) is 0 Å². The first-order chi connectivity index (χ1) is 9.24. The molecular weight excluding hydrogens is 240 g/mol. The highest BCUT2D eigenvalue weighted by molar-refractivity contribution is 5.15. The van der Waals surface area contributed by atoms with Gasteiger partial charge in [-0.3, -0.25) is 9.58 Å². The molecule has 0 saturated carbocycles. The van der Waals surface area contributed by atoms with Crippen molar-refractivity contribution < 1.29 is 4.74 Å². The molecule has 2 aliphatic heterocycles. The van der Waals surface area contributed by atoms with E-state index in [1.54, 1.807) is 0 Å². The van der Waals surface area contributed by atoms with Crippen molar-refractivity contribution in [2.75, 3.05) is 26.2 Å². The van der Waals surface area contributed by atoms with E-state index in [9.17, 15) is 0 Å². The number of rotatable bonds is 4. The van der Waals surface area contributed by atoms with Gasteiger partial charge in [0.1, 0.15) is 0 Å². The normalized spacial score (nSPS) is 27.7. The molecule has 1 aromatic rings. The minimum Gasteiger partial charge on any atom is -0.374 e. The van der Waals surface area contributed by atoms with Gasteiger partial charge in [0, 0.05) is 44.0 Å². The Morgan fingerprint density at radius 3 is 3.21 bits per heavy atom. The van der Waals surface area contributed by atoms with Gasteiger partial charge in [0.25, 0.3) is 0 Å². The first-order valence-corrected chi connectivity index (χ1v) is 7.28. The second-order valence-corrected chi connectivity index (χ2v) is 5.76. The molecule has 1 N–H and O–H groups in total. The zero-order valence-corrected chi connectivity index (χ0v) is 11.9. The van der Waals surface area contributed by atoms with Crippen LogP contribution in [0.5, 0.6) is 0 Å². The predicted octanol–water partition coefficient (Wildman–Crippen LogP) is 0.681. The van der Waals surface area contributed by atoms with E-state index in [0.29, 0.717) is 12.1 Å². The maximum absolute atomic E-state index is 5.94. The molecule has 5 nitrogen and oxygen atoms in total. The first-order valence-electron chi connectivity index (χ1n) is 7.28. The van der Waals surface area contributed by atoms with Gasteiger partial charge in [0.05, 0.1) is 18.9 Å². The third kappa shape index (κ3) is 2.83. The number of fused-ring (bicyclic) bond motifs is 1. The Balaban J connectivity index is 1.44.